The Morgan fingerprint density at radius 1 is 1.27 bits per heavy atom. The first-order valence-electron chi connectivity index (χ1n) is 7.79. The monoisotopic (exact) mass is 381 g/mol. The summed E-state index contributed by atoms with van der Waals surface area (Å²) < 4.78 is 5.39. The number of carbonyl (C=O) groups excluding carboxylic acids is 1. The van der Waals surface area contributed by atoms with Crippen molar-refractivity contribution in [3.63, 3.8) is 0 Å². The topological polar surface area (TPSA) is 133 Å². The number of aromatic nitrogens is 2. The number of piperazine rings is 1. The summed E-state index contributed by atoms with van der Waals surface area (Å²) in [6, 6.07) is 7.08. The lowest BCUT2D eigenvalue weighted by Crippen LogP contribution is -2.49. The van der Waals surface area contributed by atoms with Crippen molar-refractivity contribution < 1.29 is 9.53 Å². The second kappa shape index (κ2) is 8.07. The first kappa shape index (κ1) is 19.5. The van der Waals surface area contributed by atoms with Gasteiger partial charge in [0.1, 0.15) is 17.1 Å². The number of rotatable bonds is 3. The van der Waals surface area contributed by atoms with Gasteiger partial charge in [0, 0.05) is 25.2 Å². The van der Waals surface area contributed by atoms with E-state index in [4.69, 9.17) is 10.5 Å². The number of carbonyl (C=O) groups is 1. The molecule has 2 heterocycles. The second-order valence-corrected chi connectivity index (χ2v) is 5.66. The number of nitrogens with two attached hydrogens (primary N) is 1. The molecule has 1 aromatic heterocycles. The number of anilines is 1. The van der Waals surface area contributed by atoms with E-state index in [0.29, 0.717) is 25.4 Å². The molecule has 140 valence electrons. The third kappa shape index (κ3) is 3.58. The maximum Gasteiger partial charge on any atom is 0.326 e. The number of para-hydroxylation sites is 1. The van der Waals surface area contributed by atoms with E-state index in [1.54, 1.807) is 12.0 Å². The molecule has 10 heteroatoms. The molecule has 3 rings (SSSR count). The zero-order chi connectivity index (χ0) is 18.0. The average Bonchev–Trinajstić information content (AvgIpc) is 2.64. The number of methoxy groups -OCH3 is 1. The molecule has 9 nitrogen and oxygen atoms in total. The molecule has 1 amide bonds. The smallest absolute Gasteiger partial charge is 0.326 e. The minimum absolute atomic E-state index is 0. The largest absolute Gasteiger partial charge is 0.496 e. The van der Waals surface area contributed by atoms with Gasteiger partial charge in [0.15, 0.2) is 0 Å². The molecule has 1 aliphatic rings. The SMILES string of the molecule is COc1ccccc1C1CNCCN1C(=O)c1[nH]c(=O)[nH]c(=O)c1N.Cl. The number of nitrogen functional groups attached to an aromatic ring is 1. The molecule has 26 heavy (non-hydrogen) atoms. The van der Waals surface area contributed by atoms with Crippen molar-refractivity contribution in [2.24, 2.45) is 0 Å². The summed E-state index contributed by atoms with van der Waals surface area (Å²) in [4.78, 5) is 42.1. The average molecular weight is 382 g/mol. The van der Waals surface area contributed by atoms with E-state index in [1.165, 1.54) is 0 Å². The fourth-order valence-corrected chi connectivity index (χ4v) is 2.98. The number of ether oxygens (including phenoxy) is 1. The maximum absolute atomic E-state index is 13.0. The lowest BCUT2D eigenvalue weighted by molar-refractivity contribution is 0.0626. The summed E-state index contributed by atoms with van der Waals surface area (Å²) in [6.07, 6.45) is 0. The van der Waals surface area contributed by atoms with E-state index in [0.717, 1.165) is 5.56 Å². The van der Waals surface area contributed by atoms with Crippen LogP contribution in [0.2, 0.25) is 0 Å². The normalized spacial score (nSPS) is 16.7. The Balaban J connectivity index is 0.00000243. The number of H-pyrrole nitrogens is 2. The van der Waals surface area contributed by atoms with Crippen LogP contribution in [0.3, 0.4) is 0 Å². The van der Waals surface area contributed by atoms with Crippen LogP contribution in [0.1, 0.15) is 22.1 Å². The van der Waals surface area contributed by atoms with Crippen LogP contribution in [-0.2, 0) is 0 Å². The summed E-state index contributed by atoms with van der Waals surface area (Å²) in [5.74, 6) is 0.152. The Bertz CT molecular complexity index is 910. The molecule has 1 fully saturated rings. The molecule has 1 unspecified atom stereocenters. The van der Waals surface area contributed by atoms with Gasteiger partial charge in [-0.15, -0.1) is 12.4 Å². The quantitative estimate of drug-likeness (QED) is 0.585. The van der Waals surface area contributed by atoms with Gasteiger partial charge in [0.2, 0.25) is 0 Å². The molecule has 5 N–H and O–H groups in total. The fourth-order valence-electron chi connectivity index (χ4n) is 2.98. The van der Waals surface area contributed by atoms with Crippen LogP contribution in [0.4, 0.5) is 5.69 Å². The van der Waals surface area contributed by atoms with Crippen LogP contribution in [-0.4, -0.2) is 47.5 Å². The van der Waals surface area contributed by atoms with Crippen LogP contribution >= 0.6 is 12.4 Å². The molecule has 1 aromatic carbocycles. The number of hydrogen-bond acceptors (Lipinski definition) is 6. The zero-order valence-corrected chi connectivity index (χ0v) is 14.9. The van der Waals surface area contributed by atoms with Gasteiger partial charge in [-0.2, -0.15) is 0 Å². The highest BCUT2D eigenvalue weighted by Gasteiger charge is 2.32. The summed E-state index contributed by atoms with van der Waals surface area (Å²) in [7, 11) is 1.56. The van der Waals surface area contributed by atoms with E-state index in [1.807, 2.05) is 29.2 Å². The summed E-state index contributed by atoms with van der Waals surface area (Å²) in [6.45, 7) is 1.50. The Morgan fingerprint density at radius 3 is 2.73 bits per heavy atom. The van der Waals surface area contributed by atoms with E-state index < -0.39 is 17.2 Å². The Morgan fingerprint density at radius 2 is 2.00 bits per heavy atom. The number of benzene rings is 1. The Kier molecular flexibility index (Phi) is 6.06. The zero-order valence-electron chi connectivity index (χ0n) is 14.1. The molecule has 1 saturated heterocycles. The number of halogens is 1. The van der Waals surface area contributed by atoms with Crippen molar-refractivity contribution >= 4 is 24.0 Å². The lowest BCUT2D eigenvalue weighted by atomic mass is 10.0. The minimum Gasteiger partial charge on any atom is -0.496 e. The van der Waals surface area contributed by atoms with Crippen LogP contribution in [0.15, 0.2) is 33.9 Å². The first-order valence-corrected chi connectivity index (χ1v) is 7.79. The van der Waals surface area contributed by atoms with Gasteiger partial charge in [-0.25, -0.2) is 4.79 Å². The van der Waals surface area contributed by atoms with Crippen molar-refractivity contribution in [2.75, 3.05) is 32.5 Å². The van der Waals surface area contributed by atoms with Crippen molar-refractivity contribution in [3.05, 3.63) is 56.4 Å². The Labute approximate surface area is 155 Å². The summed E-state index contributed by atoms with van der Waals surface area (Å²) in [5.41, 5.74) is 4.47. The predicted molar refractivity (Wildman–Crippen MR) is 99.0 cm³/mol. The molecular weight excluding hydrogens is 362 g/mol. The standard InChI is InChI=1S/C16H19N5O4.ClH/c1-25-11-5-3-2-4-9(11)10-8-18-6-7-21(10)15(23)13-12(17)14(22)20-16(24)19-13;/h2-5,10,18H,6-8,17H2,1H3,(H2,19,20,22,24);1H. The molecular formula is C16H20ClN5O4. The number of nitrogens with one attached hydrogen (secondary N) is 3. The van der Waals surface area contributed by atoms with Crippen LogP contribution in [0.25, 0.3) is 0 Å². The van der Waals surface area contributed by atoms with Gasteiger partial charge in [-0.3, -0.25) is 14.6 Å². The number of amides is 1. The van der Waals surface area contributed by atoms with Gasteiger partial charge in [-0.1, -0.05) is 18.2 Å². The highest BCUT2D eigenvalue weighted by Crippen LogP contribution is 2.31. The molecule has 2 aromatic rings. The Hall–Kier alpha value is -2.78. The molecule has 0 bridgehead atoms. The molecule has 0 spiro atoms. The minimum atomic E-state index is -0.781. The molecule has 0 aliphatic carbocycles. The molecule has 1 aliphatic heterocycles. The van der Waals surface area contributed by atoms with Crippen LogP contribution < -0.4 is 27.0 Å². The second-order valence-electron chi connectivity index (χ2n) is 5.66. The number of hydrogen-bond donors (Lipinski definition) is 4. The third-order valence-corrected chi connectivity index (χ3v) is 4.20. The van der Waals surface area contributed by atoms with E-state index >= 15 is 0 Å². The highest BCUT2D eigenvalue weighted by molar-refractivity contribution is 5.97. The van der Waals surface area contributed by atoms with E-state index in [2.05, 4.69) is 10.3 Å². The molecule has 0 saturated carbocycles. The van der Waals surface area contributed by atoms with Crippen molar-refractivity contribution in [3.8, 4) is 5.75 Å². The van der Waals surface area contributed by atoms with Gasteiger partial charge in [0.25, 0.3) is 11.5 Å². The van der Waals surface area contributed by atoms with Crippen LogP contribution in [0.5, 0.6) is 5.75 Å². The predicted octanol–water partition coefficient (Wildman–Crippen LogP) is -0.137. The van der Waals surface area contributed by atoms with Gasteiger partial charge in [-0.05, 0) is 6.07 Å². The lowest BCUT2D eigenvalue weighted by Gasteiger charge is -2.37. The first-order chi connectivity index (χ1) is 12.0. The highest BCUT2D eigenvalue weighted by atomic mass is 35.5. The molecule has 0 radical (unpaired) electrons. The van der Waals surface area contributed by atoms with Crippen LogP contribution in [0, 0.1) is 0 Å². The van der Waals surface area contributed by atoms with Gasteiger partial charge >= 0.3 is 5.69 Å². The summed E-state index contributed by atoms with van der Waals surface area (Å²) in [5, 5.41) is 3.24. The maximum atomic E-state index is 13.0. The van der Waals surface area contributed by atoms with Gasteiger partial charge < -0.3 is 25.7 Å². The summed E-state index contributed by atoms with van der Waals surface area (Å²) >= 11 is 0. The number of nitrogens with zero attached hydrogens (tertiary/aromatic N) is 1. The number of aromatic amines is 2. The van der Waals surface area contributed by atoms with Crippen molar-refractivity contribution in [1.82, 2.24) is 20.2 Å². The van der Waals surface area contributed by atoms with Crippen molar-refractivity contribution in [1.29, 1.82) is 0 Å². The fraction of sp³-hybridized carbons (Fsp3) is 0.312. The van der Waals surface area contributed by atoms with E-state index in [-0.39, 0.29) is 29.8 Å². The molecule has 1 atom stereocenters. The van der Waals surface area contributed by atoms with Gasteiger partial charge in [0.05, 0.1) is 13.2 Å². The van der Waals surface area contributed by atoms with E-state index in [9.17, 15) is 14.4 Å². The third-order valence-electron chi connectivity index (χ3n) is 4.20. The van der Waals surface area contributed by atoms with Crippen molar-refractivity contribution in [2.45, 2.75) is 6.04 Å².